The van der Waals surface area contributed by atoms with Gasteiger partial charge in [0, 0.05) is 32.4 Å². The third kappa shape index (κ3) is 6.26. The summed E-state index contributed by atoms with van der Waals surface area (Å²) in [6.45, 7) is 7.79. The molecule has 1 heterocycles. The highest BCUT2D eigenvalue weighted by Crippen LogP contribution is 2.32. The topological polar surface area (TPSA) is 27.6 Å². The second kappa shape index (κ2) is 9.76. The van der Waals surface area contributed by atoms with Crippen LogP contribution in [0.4, 0.5) is 0 Å². The Morgan fingerprint density at radius 2 is 2.32 bits per heavy atom. The zero-order valence-corrected chi connectivity index (χ0v) is 15.4. The summed E-state index contributed by atoms with van der Waals surface area (Å²) in [4.78, 5) is 6.74. The number of terminal acetylenes is 1. The van der Waals surface area contributed by atoms with Crippen molar-refractivity contribution in [3.8, 4) is 12.3 Å². The Hall–Kier alpha value is -0.0900. The van der Waals surface area contributed by atoms with Crippen molar-refractivity contribution < 1.29 is 0 Å². The minimum absolute atomic E-state index is 0. The van der Waals surface area contributed by atoms with E-state index in [1.54, 1.807) is 11.8 Å². The third-order valence-electron chi connectivity index (χ3n) is 3.64. The second-order valence-electron chi connectivity index (χ2n) is 5.07. The fourth-order valence-electron chi connectivity index (χ4n) is 2.19. The van der Waals surface area contributed by atoms with Gasteiger partial charge in [-0.15, -0.1) is 42.2 Å². The molecule has 0 aliphatic carbocycles. The van der Waals surface area contributed by atoms with E-state index in [2.05, 4.69) is 35.0 Å². The van der Waals surface area contributed by atoms with Crippen LogP contribution < -0.4 is 5.32 Å². The molecule has 0 radical (unpaired) electrons. The largest absolute Gasteiger partial charge is 0.355 e. The summed E-state index contributed by atoms with van der Waals surface area (Å²) in [7, 11) is 1.86. The molecule has 0 spiro atoms. The van der Waals surface area contributed by atoms with Gasteiger partial charge in [0.05, 0.1) is 5.75 Å². The summed E-state index contributed by atoms with van der Waals surface area (Å²) in [5.41, 5.74) is 0.454. The van der Waals surface area contributed by atoms with Gasteiger partial charge in [0.15, 0.2) is 5.96 Å². The minimum atomic E-state index is 0. The molecule has 1 aliphatic rings. The van der Waals surface area contributed by atoms with Crippen LogP contribution in [0.25, 0.3) is 0 Å². The normalized spacial score (nSPS) is 22.8. The van der Waals surface area contributed by atoms with E-state index >= 15 is 0 Å². The number of nitrogens with zero attached hydrogens (tertiary/aromatic N) is 2. The third-order valence-corrected chi connectivity index (χ3v) is 4.50. The van der Waals surface area contributed by atoms with Gasteiger partial charge < -0.3 is 10.2 Å². The van der Waals surface area contributed by atoms with Crippen molar-refractivity contribution in [3.63, 3.8) is 0 Å². The number of hydrogen-bond donors (Lipinski definition) is 1. The minimum Gasteiger partial charge on any atom is -0.355 e. The standard InChI is InChI=1S/C14H25N3S.HI/c1-5-10-18-11-8-16-13(15-4)17-9-7-14(3,6-2)12-17;/h1H,6-12H2,2-4H3,(H,15,16);1H. The molecule has 0 saturated carbocycles. The number of halogens is 1. The number of rotatable bonds is 5. The summed E-state index contributed by atoms with van der Waals surface area (Å²) >= 11 is 1.78. The molecule has 3 nitrogen and oxygen atoms in total. The smallest absolute Gasteiger partial charge is 0.193 e. The van der Waals surface area contributed by atoms with Crippen LogP contribution in [0.3, 0.4) is 0 Å². The molecule has 5 heteroatoms. The quantitative estimate of drug-likeness (QED) is 0.255. The lowest BCUT2D eigenvalue weighted by Crippen LogP contribution is -2.41. The molecule has 0 amide bonds. The van der Waals surface area contributed by atoms with Crippen LogP contribution in [0.2, 0.25) is 0 Å². The second-order valence-corrected chi connectivity index (χ2v) is 6.17. The Morgan fingerprint density at radius 1 is 1.58 bits per heavy atom. The van der Waals surface area contributed by atoms with Crippen LogP contribution in [0.15, 0.2) is 4.99 Å². The SMILES string of the molecule is C#CCSCCNC(=NC)N1CCC(C)(CC)C1.I. The van der Waals surface area contributed by atoms with Gasteiger partial charge in [-0.25, -0.2) is 0 Å². The van der Waals surface area contributed by atoms with Gasteiger partial charge in [-0.1, -0.05) is 19.8 Å². The lowest BCUT2D eigenvalue weighted by molar-refractivity contribution is 0.322. The van der Waals surface area contributed by atoms with Crippen LogP contribution in [0.5, 0.6) is 0 Å². The molecule has 0 bridgehead atoms. The van der Waals surface area contributed by atoms with Gasteiger partial charge in [-0.2, -0.15) is 0 Å². The Bertz CT molecular complexity index is 327. The maximum absolute atomic E-state index is 5.22. The van der Waals surface area contributed by atoms with Crippen molar-refractivity contribution in [3.05, 3.63) is 0 Å². The Labute approximate surface area is 139 Å². The molecule has 1 aliphatic heterocycles. The molecule has 0 aromatic carbocycles. The zero-order chi connectivity index (χ0) is 13.4. The molecule has 1 saturated heterocycles. The van der Waals surface area contributed by atoms with Crippen molar-refractivity contribution in [2.75, 3.05) is 38.2 Å². The summed E-state index contributed by atoms with van der Waals surface area (Å²) < 4.78 is 0. The molecule has 19 heavy (non-hydrogen) atoms. The fourth-order valence-corrected chi connectivity index (χ4v) is 2.70. The first-order valence-corrected chi connectivity index (χ1v) is 7.77. The fraction of sp³-hybridized carbons (Fsp3) is 0.786. The molecule has 1 unspecified atom stereocenters. The average Bonchev–Trinajstić information content (AvgIpc) is 2.77. The van der Waals surface area contributed by atoms with E-state index in [1.165, 1.54) is 12.8 Å². The Kier molecular flexibility index (Phi) is 9.71. The van der Waals surface area contributed by atoms with Gasteiger partial charge in [-0.05, 0) is 18.3 Å². The molecule has 1 N–H and O–H groups in total. The molecule has 1 atom stereocenters. The van der Waals surface area contributed by atoms with Crippen LogP contribution in [0, 0.1) is 17.8 Å². The average molecular weight is 395 g/mol. The Balaban J connectivity index is 0.00000324. The van der Waals surface area contributed by atoms with E-state index in [-0.39, 0.29) is 24.0 Å². The van der Waals surface area contributed by atoms with Crippen LogP contribution in [-0.4, -0.2) is 49.0 Å². The van der Waals surface area contributed by atoms with E-state index in [9.17, 15) is 0 Å². The van der Waals surface area contributed by atoms with E-state index in [0.29, 0.717) is 5.41 Å². The van der Waals surface area contributed by atoms with Gasteiger partial charge in [0.2, 0.25) is 0 Å². The highest BCUT2D eigenvalue weighted by atomic mass is 127. The van der Waals surface area contributed by atoms with Gasteiger partial charge in [-0.3, -0.25) is 4.99 Å². The first-order valence-electron chi connectivity index (χ1n) is 6.62. The summed E-state index contributed by atoms with van der Waals surface area (Å²) in [6, 6.07) is 0. The molecular weight excluding hydrogens is 369 g/mol. The molecule has 1 fully saturated rings. The van der Waals surface area contributed by atoms with E-state index < -0.39 is 0 Å². The number of hydrogen-bond acceptors (Lipinski definition) is 2. The highest BCUT2D eigenvalue weighted by molar-refractivity contribution is 14.0. The van der Waals surface area contributed by atoms with E-state index in [0.717, 1.165) is 37.1 Å². The molecule has 1 rings (SSSR count). The van der Waals surface area contributed by atoms with Gasteiger partial charge >= 0.3 is 0 Å². The summed E-state index contributed by atoms with van der Waals surface area (Å²) in [5, 5.41) is 3.42. The first kappa shape index (κ1) is 18.9. The molecule has 0 aromatic rings. The predicted molar refractivity (Wildman–Crippen MR) is 97.5 cm³/mol. The van der Waals surface area contributed by atoms with Crippen LogP contribution >= 0.6 is 35.7 Å². The maximum atomic E-state index is 5.22. The van der Waals surface area contributed by atoms with Gasteiger partial charge in [0.25, 0.3) is 0 Å². The molecule has 110 valence electrons. The van der Waals surface area contributed by atoms with Crippen molar-refractivity contribution in [2.45, 2.75) is 26.7 Å². The lowest BCUT2D eigenvalue weighted by atomic mass is 9.87. The summed E-state index contributed by atoms with van der Waals surface area (Å²) in [5.74, 6) is 5.49. The maximum Gasteiger partial charge on any atom is 0.193 e. The predicted octanol–water partition coefficient (Wildman–Crippen LogP) is 2.67. The molecular formula is C14H26IN3S. The molecule has 0 aromatic heterocycles. The first-order chi connectivity index (χ1) is 8.65. The number of guanidine groups is 1. The van der Waals surface area contributed by atoms with E-state index in [1.807, 2.05) is 7.05 Å². The van der Waals surface area contributed by atoms with Crippen LogP contribution in [-0.2, 0) is 0 Å². The number of aliphatic imine (C=N–C) groups is 1. The van der Waals surface area contributed by atoms with Crippen molar-refractivity contribution in [2.24, 2.45) is 10.4 Å². The zero-order valence-electron chi connectivity index (χ0n) is 12.2. The lowest BCUT2D eigenvalue weighted by Gasteiger charge is -2.25. The highest BCUT2D eigenvalue weighted by Gasteiger charge is 2.33. The monoisotopic (exact) mass is 395 g/mol. The summed E-state index contributed by atoms with van der Waals surface area (Å²) in [6.07, 6.45) is 7.71. The Morgan fingerprint density at radius 3 is 2.84 bits per heavy atom. The number of thioether (sulfide) groups is 1. The van der Waals surface area contributed by atoms with E-state index in [4.69, 9.17) is 6.42 Å². The van der Waals surface area contributed by atoms with Gasteiger partial charge in [0.1, 0.15) is 0 Å². The van der Waals surface area contributed by atoms with Crippen LogP contribution in [0.1, 0.15) is 26.7 Å². The number of nitrogens with one attached hydrogen (secondary N) is 1. The van der Waals surface area contributed by atoms with Crippen molar-refractivity contribution >= 4 is 41.7 Å². The van der Waals surface area contributed by atoms with Crippen molar-refractivity contribution in [1.29, 1.82) is 0 Å². The number of likely N-dealkylation sites (tertiary alicyclic amines) is 1. The van der Waals surface area contributed by atoms with Crippen molar-refractivity contribution in [1.82, 2.24) is 10.2 Å².